The predicted molar refractivity (Wildman–Crippen MR) is 137 cm³/mol. The number of rotatable bonds is 7. The van der Waals surface area contributed by atoms with E-state index in [1.54, 1.807) is 11.1 Å². The smallest absolute Gasteiger partial charge is 0.409 e. The van der Waals surface area contributed by atoms with Gasteiger partial charge in [0, 0.05) is 78.9 Å². The highest BCUT2D eigenvalue weighted by atomic mass is 35.5. The van der Waals surface area contributed by atoms with Gasteiger partial charge in [0.15, 0.2) is 0 Å². The highest BCUT2D eigenvalue weighted by Crippen LogP contribution is 2.35. The van der Waals surface area contributed by atoms with Crippen LogP contribution in [0.4, 0.5) is 10.5 Å². The van der Waals surface area contributed by atoms with E-state index in [1.807, 2.05) is 24.3 Å². The number of ether oxygens (including phenoxy) is 2. The number of pyridine rings is 1. The van der Waals surface area contributed by atoms with E-state index in [2.05, 4.69) is 10.3 Å². The van der Waals surface area contributed by atoms with Crippen molar-refractivity contribution in [2.75, 3.05) is 45.3 Å². The molecule has 9 heteroatoms. The number of hydrogen-bond donors (Lipinski definition) is 1. The monoisotopic (exact) mass is 519 g/mol. The Hall–Kier alpha value is -2.35. The van der Waals surface area contributed by atoms with Gasteiger partial charge in [-0.3, -0.25) is 9.78 Å². The maximum atomic E-state index is 13.0. The third-order valence-electron chi connectivity index (χ3n) is 6.77. The Morgan fingerprint density at radius 2 is 1.91 bits per heavy atom. The molecule has 35 heavy (non-hydrogen) atoms. The maximum Gasteiger partial charge on any atom is 0.409 e. The summed E-state index contributed by atoms with van der Waals surface area (Å²) in [6, 6.07) is 7.64. The van der Waals surface area contributed by atoms with Crippen molar-refractivity contribution in [1.82, 2.24) is 9.88 Å². The molecular formula is C26H31Cl2N3O4. The number of amides is 1. The van der Waals surface area contributed by atoms with E-state index >= 15 is 0 Å². The molecule has 188 valence electrons. The highest BCUT2D eigenvalue weighted by molar-refractivity contribution is 6.36. The quantitative estimate of drug-likeness (QED) is 0.521. The van der Waals surface area contributed by atoms with Crippen molar-refractivity contribution in [3.8, 4) is 11.1 Å². The third-order valence-corrected chi connectivity index (χ3v) is 7.40. The molecule has 2 aliphatic heterocycles. The number of carbonyl (C=O) groups excluding carboxylic acids is 2. The molecule has 0 spiro atoms. The summed E-state index contributed by atoms with van der Waals surface area (Å²) in [7, 11) is 1.35. The fraction of sp³-hybridized carbons (Fsp3) is 0.500. The number of hydrogen-bond acceptors (Lipinski definition) is 6. The molecule has 1 amide bonds. The minimum Gasteiger partial charge on any atom is -0.453 e. The molecule has 1 aromatic heterocycles. The number of carbonyl (C=O) groups is 2. The zero-order chi connectivity index (χ0) is 24.8. The second-order valence-corrected chi connectivity index (χ2v) is 10.00. The average molecular weight is 520 g/mol. The van der Waals surface area contributed by atoms with Crippen LogP contribution < -0.4 is 5.32 Å². The van der Waals surface area contributed by atoms with Crippen LogP contribution in [0.25, 0.3) is 11.1 Å². The van der Waals surface area contributed by atoms with Gasteiger partial charge < -0.3 is 19.7 Å². The molecular weight excluding hydrogens is 489 g/mol. The molecule has 7 nitrogen and oxygen atoms in total. The van der Waals surface area contributed by atoms with Crippen molar-refractivity contribution in [3.63, 3.8) is 0 Å². The number of Topliss-reactive ketones (excluding diaryl/α,β-unsaturated/α-hetero) is 1. The maximum absolute atomic E-state index is 13.0. The molecule has 2 saturated heterocycles. The number of aromatic nitrogens is 1. The van der Waals surface area contributed by atoms with Gasteiger partial charge in [-0.15, -0.1) is 0 Å². The van der Waals surface area contributed by atoms with E-state index < -0.39 is 6.09 Å². The van der Waals surface area contributed by atoms with Gasteiger partial charge >= 0.3 is 6.09 Å². The molecule has 2 aromatic rings. The van der Waals surface area contributed by atoms with Crippen molar-refractivity contribution in [2.24, 2.45) is 11.8 Å². The van der Waals surface area contributed by atoms with Gasteiger partial charge in [-0.2, -0.15) is 0 Å². The predicted octanol–water partition coefficient (Wildman–Crippen LogP) is 5.48. The first-order chi connectivity index (χ1) is 16.9. The Kier molecular flexibility index (Phi) is 8.87. The second kappa shape index (κ2) is 12.1. The molecule has 2 fully saturated rings. The first kappa shape index (κ1) is 25.7. The van der Waals surface area contributed by atoms with Crippen LogP contribution in [0.15, 0.2) is 30.5 Å². The molecule has 3 heterocycles. The number of benzene rings is 1. The minimum absolute atomic E-state index is 0.0531. The normalized spacial score (nSPS) is 18.8. The van der Waals surface area contributed by atoms with Crippen molar-refractivity contribution < 1.29 is 19.1 Å². The molecule has 0 saturated carbocycles. The number of ketones is 1. The van der Waals surface area contributed by atoms with Gasteiger partial charge in [0.25, 0.3) is 0 Å². The number of methoxy groups -OCH3 is 1. The van der Waals surface area contributed by atoms with Crippen LogP contribution in [0.1, 0.15) is 31.4 Å². The Balaban J connectivity index is 1.47. The largest absolute Gasteiger partial charge is 0.453 e. The first-order valence-electron chi connectivity index (χ1n) is 12.1. The van der Waals surface area contributed by atoms with Crippen LogP contribution >= 0.6 is 23.2 Å². The van der Waals surface area contributed by atoms with E-state index in [1.165, 1.54) is 7.11 Å². The van der Waals surface area contributed by atoms with Crippen molar-refractivity contribution >= 4 is 40.8 Å². The van der Waals surface area contributed by atoms with E-state index in [0.29, 0.717) is 34.7 Å². The number of anilines is 1. The van der Waals surface area contributed by atoms with Crippen LogP contribution in [0.5, 0.6) is 0 Å². The van der Waals surface area contributed by atoms with Gasteiger partial charge in [-0.25, -0.2) is 4.79 Å². The lowest BCUT2D eigenvalue weighted by molar-refractivity contribution is -0.123. The summed E-state index contributed by atoms with van der Waals surface area (Å²) >= 11 is 13.1. The minimum atomic E-state index is -0.394. The molecule has 4 rings (SSSR count). The Bertz CT molecular complexity index is 1060. The molecule has 0 radical (unpaired) electrons. The van der Waals surface area contributed by atoms with Crippen LogP contribution in [0.2, 0.25) is 10.0 Å². The Morgan fingerprint density at radius 3 is 2.69 bits per heavy atom. The standard InChI is InChI=1S/C26H31Cl2N3O4/c1-34-26(33)31-8-2-3-18(16-31)25(32)13-20-12-22(24(28)15-30-20)21-11-19(4-5-23(21)27)29-14-17-6-9-35-10-7-17/h4-5,11-12,15,17-18,29H,2-3,6-10,13-14,16H2,1H3/t18-/m0/s1. The van der Waals surface area contributed by atoms with E-state index in [9.17, 15) is 9.59 Å². The van der Waals surface area contributed by atoms with Gasteiger partial charge in [-0.1, -0.05) is 23.2 Å². The zero-order valence-corrected chi connectivity index (χ0v) is 21.4. The SMILES string of the molecule is COC(=O)N1CCC[C@H](C(=O)Cc2cc(-c3cc(NCC4CCOCC4)ccc3Cl)c(Cl)cn2)C1. The van der Waals surface area contributed by atoms with Gasteiger partial charge in [-0.05, 0) is 55.9 Å². The van der Waals surface area contributed by atoms with Gasteiger partial charge in [0.1, 0.15) is 5.78 Å². The molecule has 0 unspecified atom stereocenters. The lowest BCUT2D eigenvalue weighted by Crippen LogP contribution is -2.42. The van der Waals surface area contributed by atoms with Crippen LogP contribution in [-0.2, 0) is 20.7 Å². The molecule has 0 aliphatic carbocycles. The second-order valence-electron chi connectivity index (χ2n) is 9.19. The summed E-state index contributed by atoms with van der Waals surface area (Å²) < 4.78 is 10.3. The van der Waals surface area contributed by atoms with Crippen molar-refractivity contribution in [3.05, 3.63) is 46.2 Å². The summed E-state index contributed by atoms with van der Waals surface area (Å²) in [5.74, 6) is 0.405. The van der Waals surface area contributed by atoms with E-state index in [0.717, 1.165) is 62.3 Å². The first-order valence-corrected chi connectivity index (χ1v) is 12.8. The molecule has 2 aliphatic rings. The summed E-state index contributed by atoms with van der Waals surface area (Å²) in [6.07, 6.45) is 4.98. The fourth-order valence-electron chi connectivity index (χ4n) is 4.70. The number of piperidine rings is 1. The highest BCUT2D eigenvalue weighted by Gasteiger charge is 2.29. The average Bonchev–Trinajstić information content (AvgIpc) is 2.89. The Morgan fingerprint density at radius 1 is 1.14 bits per heavy atom. The molecule has 1 aromatic carbocycles. The van der Waals surface area contributed by atoms with Crippen LogP contribution in [0, 0.1) is 11.8 Å². The summed E-state index contributed by atoms with van der Waals surface area (Å²) in [6.45, 7) is 3.48. The lowest BCUT2D eigenvalue weighted by atomic mass is 9.91. The Labute approximate surface area is 216 Å². The van der Waals surface area contributed by atoms with Crippen molar-refractivity contribution in [1.29, 1.82) is 0 Å². The topological polar surface area (TPSA) is 80.8 Å². The van der Waals surface area contributed by atoms with Gasteiger partial charge in [0.05, 0.1) is 12.1 Å². The fourth-order valence-corrected chi connectivity index (χ4v) is 5.12. The molecule has 1 atom stereocenters. The number of halogens is 2. The number of nitrogens with one attached hydrogen (secondary N) is 1. The molecule has 1 N–H and O–H groups in total. The number of likely N-dealkylation sites (tertiary alicyclic amines) is 1. The van der Waals surface area contributed by atoms with Crippen LogP contribution in [0.3, 0.4) is 0 Å². The summed E-state index contributed by atoms with van der Waals surface area (Å²) in [4.78, 5) is 30.9. The van der Waals surface area contributed by atoms with Gasteiger partial charge in [0.2, 0.25) is 0 Å². The number of nitrogens with zero attached hydrogens (tertiary/aromatic N) is 2. The summed E-state index contributed by atoms with van der Waals surface area (Å²) in [5, 5.41) is 4.56. The van der Waals surface area contributed by atoms with E-state index in [-0.39, 0.29) is 18.1 Å². The van der Waals surface area contributed by atoms with Crippen LogP contribution in [-0.4, -0.2) is 61.7 Å². The third kappa shape index (κ3) is 6.66. The van der Waals surface area contributed by atoms with Crippen molar-refractivity contribution in [2.45, 2.75) is 32.1 Å². The lowest BCUT2D eigenvalue weighted by Gasteiger charge is -2.30. The summed E-state index contributed by atoms with van der Waals surface area (Å²) in [5.41, 5.74) is 3.12. The zero-order valence-electron chi connectivity index (χ0n) is 19.9. The van der Waals surface area contributed by atoms with E-state index in [4.69, 9.17) is 32.7 Å². The molecule has 0 bridgehead atoms.